The number of carbonyl (C=O) groups is 1. The van der Waals surface area contributed by atoms with Crippen molar-refractivity contribution in [3.8, 4) is 0 Å². The van der Waals surface area contributed by atoms with Crippen molar-refractivity contribution in [1.82, 2.24) is 10.2 Å². The van der Waals surface area contributed by atoms with Gasteiger partial charge in [-0.15, -0.1) is 0 Å². The average molecular weight is 244 g/mol. The van der Waals surface area contributed by atoms with Crippen LogP contribution in [0.3, 0.4) is 0 Å². The molecule has 18 heavy (non-hydrogen) atoms. The third-order valence-corrected chi connectivity index (χ3v) is 4.29. The summed E-state index contributed by atoms with van der Waals surface area (Å²) < 4.78 is 0. The molecular formula is C15H20N2O. The molecule has 0 saturated carbocycles. The predicted molar refractivity (Wildman–Crippen MR) is 71.5 cm³/mol. The Morgan fingerprint density at radius 1 is 1.39 bits per heavy atom. The molecule has 1 aliphatic carbocycles. The maximum atomic E-state index is 12.5. The van der Waals surface area contributed by atoms with Crippen LogP contribution in [0.25, 0.3) is 0 Å². The van der Waals surface area contributed by atoms with E-state index in [1.807, 2.05) is 18.0 Å². The molecule has 1 saturated heterocycles. The van der Waals surface area contributed by atoms with Crippen molar-refractivity contribution >= 4 is 5.91 Å². The van der Waals surface area contributed by atoms with E-state index in [0.29, 0.717) is 11.9 Å². The zero-order valence-corrected chi connectivity index (χ0v) is 10.9. The lowest BCUT2D eigenvalue weighted by Crippen LogP contribution is -2.49. The quantitative estimate of drug-likeness (QED) is 0.856. The van der Waals surface area contributed by atoms with Gasteiger partial charge in [-0.25, -0.2) is 0 Å². The number of fused-ring (bicyclic) bond motifs is 1. The second-order valence-corrected chi connectivity index (χ2v) is 5.37. The fourth-order valence-corrected chi connectivity index (χ4v) is 3.11. The van der Waals surface area contributed by atoms with Crippen molar-refractivity contribution in [2.75, 3.05) is 20.1 Å². The van der Waals surface area contributed by atoms with Gasteiger partial charge in [-0.05, 0) is 37.4 Å². The van der Waals surface area contributed by atoms with Gasteiger partial charge in [0.25, 0.3) is 0 Å². The minimum absolute atomic E-state index is 0.122. The van der Waals surface area contributed by atoms with Gasteiger partial charge in [0.15, 0.2) is 0 Å². The largest absolute Gasteiger partial charge is 0.341 e. The number of hydrogen-bond donors (Lipinski definition) is 1. The number of hydrogen-bond acceptors (Lipinski definition) is 2. The molecule has 2 unspecified atom stereocenters. The Bertz CT molecular complexity index is 458. The molecule has 3 nitrogen and oxygen atoms in total. The molecule has 1 aromatic rings. The second-order valence-electron chi connectivity index (χ2n) is 5.37. The highest BCUT2D eigenvalue weighted by atomic mass is 16.2. The first kappa shape index (κ1) is 11.7. The van der Waals surface area contributed by atoms with E-state index >= 15 is 0 Å². The van der Waals surface area contributed by atoms with Crippen molar-refractivity contribution in [2.45, 2.75) is 31.2 Å². The Labute approximate surface area is 108 Å². The Kier molecular flexibility index (Phi) is 3.08. The Hall–Kier alpha value is -1.35. The summed E-state index contributed by atoms with van der Waals surface area (Å²) in [5.74, 6) is 0.449. The molecule has 1 aromatic carbocycles. The zero-order chi connectivity index (χ0) is 12.5. The first-order valence-corrected chi connectivity index (χ1v) is 6.83. The lowest BCUT2D eigenvalue weighted by atomic mass is 9.76. The lowest BCUT2D eigenvalue weighted by Gasteiger charge is -2.38. The Balaban J connectivity index is 1.69. The van der Waals surface area contributed by atoms with E-state index in [-0.39, 0.29) is 5.92 Å². The van der Waals surface area contributed by atoms with Crippen LogP contribution in [0.15, 0.2) is 24.3 Å². The summed E-state index contributed by atoms with van der Waals surface area (Å²) in [6, 6.07) is 8.78. The van der Waals surface area contributed by atoms with Crippen LogP contribution in [0, 0.1) is 0 Å². The molecule has 0 spiro atoms. The summed E-state index contributed by atoms with van der Waals surface area (Å²) in [6.45, 7) is 1.80. The summed E-state index contributed by atoms with van der Waals surface area (Å²) in [5, 5.41) is 3.29. The van der Waals surface area contributed by atoms with Crippen LogP contribution in [0.4, 0.5) is 0 Å². The fraction of sp³-hybridized carbons (Fsp3) is 0.533. The fourth-order valence-electron chi connectivity index (χ4n) is 3.11. The van der Waals surface area contributed by atoms with Gasteiger partial charge < -0.3 is 10.2 Å². The van der Waals surface area contributed by atoms with Crippen molar-refractivity contribution < 1.29 is 4.79 Å². The van der Waals surface area contributed by atoms with E-state index in [0.717, 1.165) is 25.9 Å². The summed E-state index contributed by atoms with van der Waals surface area (Å²) in [5.41, 5.74) is 2.59. The smallest absolute Gasteiger partial charge is 0.230 e. The molecule has 1 aliphatic heterocycles. The second kappa shape index (κ2) is 4.73. The van der Waals surface area contributed by atoms with Crippen molar-refractivity contribution in [3.05, 3.63) is 35.4 Å². The average Bonchev–Trinajstić information content (AvgIpc) is 2.40. The number of rotatable bonds is 2. The highest BCUT2D eigenvalue weighted by Crippen LogP contribution is 2.36. The molecule has 3 heteroatoms. The normalized spacial score (nSPS) is 26.4. The van der Waals surface area contributed by atoms with Crippen LogP contribution in [0.1, 0.15) is 29.9 Å². The van der Waals surface area contributed by atoms with Gasteiger partial charge in [-0.3, -0.25) is 4.79 Å². The molecule has 1 amide bonds. The van der Waals surface area contributed by atoms with E-state index in [1.165, 1.54) is 17.5 Å². The first-order valence-electron chi connectivity index (χ1n) is 6.83. The molecule has 1 fully saturated rings. The molecule has 1 heterocycles. The summed E-state index contributed by atoms with van der Waals surface area (Å²) in [7, 11) is 1.98. The van der Waals surface area contributed by atoms with E-state index < -0.39 is 0 Å². The predicted octanol–water partition coefficient (Wildman–Crippen LogP) is 1.54. The zero-order valence-electron chi connectivity index (χ0n) is 10.9. The van der Waals surface area contributed by atoms with Gasteiger partial charge in [0, 0.05) is 19.1 Å². The molecule has 2 atom stereocenters. The molecule has 2 aliphatic rings. The van der Waals surface area contributed by atoms with Crippen LogP contribution in [0.5, 0.6) is 0 Å². The minimum Gasteiger partial charge on any atom is -0.341 e. The van der Waals surface area contributed by atoms with E-state index in [1.54, 1.807) is 0 Å². The van der Waals surface area contributed by atoms with Gasteiger partial charge in [-0.1, -0.05) is 24.3 Å². The van der Waals surface area contributed by atoms with Gasteiger partial charge in [-0.2, -0.15) is 0 Å². The highest BCUT2D eigenvalue weighted by Gasteiger charge is 2.35. The Morgan fingerprint density at radius 2 is 2.22 bits per heavy atom. The number of carbonyl (C=O) groups excluding carboxylic acids is 1. The van der Waals surface area contributed by atoms with Crippen LogP contribution < -0.4 is 5.32 Å². The number of likely N-dealkylation sites (tertiary alicyclic amines) is 1. The molecular weight excluding hydrogens is 224 g/mol. The standard InChI is InChI=1S/C15H20N2O/c1-16-12-6-4-8-17(10-12)15(18)14-9-11-5-2-3-7-13(11)14/h2-3,5,7,12,14,16H,4,6,8-10H2,1H3. The van der Waals surface area contributed by atoms with Gasteiger partial charge in [0.05, 0.1) is 5.92 Å². The first-order chi connectivity index (χ1) is 8.79. The van der Waals surface area contributed by atoms with Crippen LogP contribution in [-0.4, -0.2) is 37.0 Å². The van der Waals surface area contributed by atoms with Gasteiger partial charge in [0.2, 0.25) is 5.91 Å². The molecule has 3 rings (SSSR count). The molecule has 0 radical (unpaired) electrons. The number of nitrogens with one attached hydrogen (secondary N) is 1. The van der Waals surface area contributed by atoms with Crippen LogP contribution in [0.2, 0.25) is 0 Å². The summed E-state index contributed by atoms with van der Waals surface area (Å²) in [4.78, 5) is 14.5. The number of nitrogens with zero attached hydrogens (tertiary/aromatic N) is 1. The van der Waals surface area contributed by atoms with Gasteiger partial charge in [0.1, 0.15) is 0 Å². The monoisotopic (exact) mass is 244 g/mol. The number of piperidine rings is 1. The third kappa shape index (κ3) is 1.93. The maximum Gasteiger partial charge on any atom is 0.230 e. The summed E-state index contributed by atoms with van der Waals surface area (Å²) in [6.07, 6.45) is 3.23. The molecule has 0 bridgehead atoms. The van der Waals surface area contributed by atoms with Crippen LogP contribution in [-0.2, 0) is 11.2 Å². The minimum atomic E-state index is 0.122. The maximum absolute atomic E-state index is 12.5. The van der Waals surface area contributed by atoms with Crippen LogP contribution >= 0.6 is 0 Å². The lowest BCUT2D eigenvalue weighted by molar-refractivity contribution is -0.134. The number of benzene rings is 1. The van der Waals surface area contributed by atoms with Gasteiger partial charge >= 0.3 is 0 Å². The molecule has 1 N–H and O–H groups in total. The van der Waals surface area contributed by atoms with Crippen molar-refractivity contribution in [1.29, 1.82) is 0 Å². The summed E-state index contributed by atoms with van der Waals surface area (Å²) >= 11 is 0. The molecule has 96 valence electrons. The topological polar surface area (TPSA) is 32.3 Å². The van der Waals surface area contributed by atoms with E-state index in [4.69, 9.17) is 0 Å². The van der Waals surface area contributed by atoms with Crippen molar-refractivity contribution in [2.24, 2.45) is 0 Å². The highest BCUT2D eigenvalue weighted by molar-refractivity contribution is 5.87. The third-order valence-electron chi connectivity index (χ3n) is 4.29. The van der Waals surface area contributed by atoms with Crippen molar-refractivity contribution in [3.63, 3.8) is 0 Å². The molecule has 0 aromatic heterocycles. The van der Waals surface area contributed by atoms with E-state index in [9.17, 15) is 4.79 Å². The Morgan fingerprint density at radius 3 is 3.00 bits per heavy atom. The number of likely N-dealkylation sites (N-methyl/N-ethyl adjacent to an activating group) is 1. The SMILES string of the molecule is CNC1CCCN(C(=O)C2Cc3ccccc32)C1. The number of amides is 1. The van der Waals surface area contributed by atoms with E-state index in [2.05, 4.69) is 23.5 Å².